The van der Waals surface area contributed by atoms with Gasteiger partial charge in [-0.25, -0.2) is 8.42 Å². The monoisotopic (exact) mass is 475 g/mol. The Bertz CT molecular complexity index is 1030. The summed E-state index contributed by atoms with van der Waals surface area (Å²) >= 11 is 3.38. The number of halogens is 1. The van der Waals surface area contributed by atoms with Crippen LogP contribution in [0, 0.1) is 0 Å². The average Bonchev–Trinajstić information content (AvgIpc) is 2.95. The van der Waals surface area contributed by atoms with Crippen LogP contribution in [0.3, 0.4) is 0 Å². The molecule has 1 aliphatic rings. The van der Waals surface area contributed by atoms with E-state index in [9.17, 15) is 13.2 Å². The van der Waals surface area contributed by atoms with Gasteiger partial charge in [-0.3, -0.25) is 14.5 Å². The van der Waals surface area contributed by atoms with Crippen LogP contribution < -0.4 is 10.0 Å². The van der Waals surface area contributed by atoms with Crippen molar-refractivity contribution in [1.82, 2.24) is 4.72 Å². The van der Waals surface area contributed by atoms with Crippen molar-refractivity contribution in [3.05, 3.63) is 64.6 Å². The van der Waals surface area contributed by atoms with Gasteiger partial charge in [0.05, 0.1) is 4.90 Å². The van der Waals surface area contributed by atoms with E-state index in [1.807, 2.05) is 24.3 Å². The topological polar surface area (TPSA) is 87.6 Å². The zero-order valence-corrected chi connectivity index (χ0v) is 18.2. The lowest BCUT2D eigenvalue weighted by Crippen LogP contribution is -2.30. The lowest BCUT2D eigenvalue weighted by atomic mass is 10.2. The van der Waals surface area contributed by atoms with Crippen LogP contribution in [0.25, 0.3) is 6.08 Å². The van der Waals surface area contributed by atoms with Crippen LogP contribution in [0.4, 0.5) is 5.69 Å². The lowest BCUT2D eigenvalue weighted by molar-refractivity contribution is -0.111. The molecular weight excluding hydrogens is 454 g/mol. The fourth-order valence-electron chi connectivity index (χ4n) is 2.85. The van der Waals surface area contributed by atoms with Gasteiger partial charge in [0.15, 0.2) is 0 Å². The van der Waals surface area contributed by atoms with Gasteiger partial charge in [0, 0.05) is 29.2 Å². The molecule has 3 rings (SSSR count). The van der Waals surface area contributed by atoms with Gasteiger partial charge < -0.3 is 5.32 Å². The maximum atomic E-state index is 12.5. The molecule has 8 heteroatoms. The zero-order chi connectivity index (χ0) is 20.7. The molecule has 1 amide bonds. The van der Waals surface area contributed by atoms with Crippen molar-refractivity contribution >= 4 is 49.5 Å². The number of aliphatic imine (C=N–C) groups is 1. The molecule has 0 spiro atoms. The normalized spacial score (nSPS) is 14.9. The highest BCUT2D eigenvalue weighted by atomic mass is 79.9. The van der Waals surface area contributed by atoms with Crippen LogP contribution in [0.5, 0.6) is 0 Å². The standard InChI is InChI=1S/C21H22BrN3O3S/c22-17-6-4-5-16(15-17)8-13-21(26)24-18-9-11-19(12-10-18)29(27,28)25-20-7-2-1-3-14-23-20/h4-6,8-13,15H,1-3,7,14H2,(H,23,25)(H,24,26)/b13-8+. The minimum absolute atomic E-state index is 0.132. The smallest absolute Gasteiger partial charge is 0.262 e. The van der Waals surface area contributed by atoms with Gasteiger partial charge >= 0.3 is 0 Å². The lowest BCUT2D eigenvalue weighted by Gasteiger charge is -2.10. The molecule has 1 aliphatic heterocycles. The predicted octanol–water partition coefficient (Wildman–Crippen LogP) is 4.35. The van der Waals surface area contributed by atoms with Gasteiger partial charge in [-0.05, 0) is 60.9 Å². The van der Waals surface area contributed by atoms with Crippen molar-refractivity contribution in [2.75, 3.05) is 11.9 Å². The molecule has 0 atom stereocenters. The summed E-state index contributed by atoms with van der Waals surface area (Å²) in [5, 5.41) is 2.72. The minimum atomic E-state index is -3.68. The number of nitrogens with one attached hydrogen (secondary N) is 2. The first-order valence-corrected chi connectivity index (χ1v) is 11.6. The van der Waals surface area contributed by atoms with E-state index in [2.05, 4.69) is 31.0 Å². The van der Waals surface area contributed by atoms with Crippen LogP contribution in [0.2, 0.25) is 0 Å². The average molecular weight is 476 g/mol. The van der Waals surface area contributed by atoms with E-state index in [-0.39, 0.29) is 10.8 Å². The summed E-state index contributed by atoms with van der Waals surface area (Å²) in [6.07, 6.45) is 6.74. The number of amidine groups is 1. The molecule has 152 valence electrons. The molecule has 0 radical (unpaired) electrons. The first-order chi connectivity index (χ1) is 13.9. The molecule has 29 heavy (non-hydrogen) atoms. The van der Waals surface area contributed by atoms with Crippen molar-refractivity contribution in [2.45, 2.75) is 30.6 Å². The summed E-state index contributed by atoms with van der Waals surface area (Å²) in [6.45, 7) is 0.649. The van der Waals surface area contributed by atoms with E-state index >= 15 is 0 Å². The van der Waals surface area contributed by atoms with Gasteiger partial charge in [0.2, 0.25) is 5.91 Å². The van der Waals surface area contributed by atoms with Crippen molar-refractivity contribution < 1.29 is 13.2 Å². The number of amides is 1. The highest BCUT2D eigenvalue weighted by molar-refractivity contribution is 9.10. The second kappa shape index (κ2) is 9.84. The highest BCUT2D eigenvalue weighted by Gasteiger charge is 2.17. The third-order valence-electron chi connectivity index (χ3n) is 4.33. The molecule has 0 aliphatic carbocycles. The van der Waals surface area contributed by atoms with Crippen molar-refractivity contribution in [2.24, 2.45) is 4.99 Å². The number of hydrogen-bond donors (Lipinski definition) is 2. The highest BCUT2D eigenvalue weighted by Crippen LogP contribution is 2.16. The largest absolute Gasteiger partial charge is 0.323 e. The van der Waals surface area contributed by atoms with Crippen LogP contribution in [-0.2, 0) is 14.8 Å². The quantitative estimate of drug-likeness (QED) is 0.629. The van der Waals surface area contributed by atoms with E-state index in [0.717, 1.165) is 29.3 Å². The zero-order valence-electron chi connectivity index (χ0n) is 15.8. The summed E-state index contributed by atoms with van der Waals surface area (Å²) in [4.78, 5) is 16.5. The van der Waals surface area contributed by atoms with Gasteiger partial charge in [0.25, 0.3) is 10.0 Å². The molecule has 0 saturated heterocycles. The van der Waals surface area contributed by atoms with Crippen molar-refractivity contribution in [1.29, 1.82) is 0 Å². The summed E-state index contributed by atoms with van der Waals surface area (Å²) in [6, 6.07) is 13.6. The molecule has 0 unspecified atom stereocenters. The fourth-order valence-corrected chi connectivity index (χ4v) is 4.36. The predicted molar refractivity (Wildman–Crippen MR) is 119 cm³/mol. The van der Waals surface area contributed by atoms with E-state index < -0.39 is 10.0 Å². The van der Waals surface area contributed by atoms with Crippen LogP contribution in [0.1, 0.15) is 31.2 Å². The van der Waals surface area contributed by atoms with E-state index in [4.69, 9.17) is 0 Å². The number of carbonyl (C=O) groups is 1. The number of rotatable bonds is 5. The first-order valence-electron chi connectivity index (χ1n) is 9.33. The molecule has 0 saturated carbocycles. The first kappa shape index (κ1) is 21.3. The second-order valence-corrected chi connectivity index (χ2v) is 9.24. The Morgan fingerprint density at radius 3 is 2.62 bits per heavy atom. The van der Waals surface area contributed by atoms with E-state index in [1.54, 1.807) is 18.2 Å². The summed E-state index contributed by atoms with van der Waals surface area (Å²) < 4.78 is 28.6. The van der Waals surface area contributed by atoms with Gasteiger partial charge in [-0.1, -0.05) is 34.5 Å². The summed E-state index contributed by atoms with van der Waals surface area (Å²) in [5.41, 5.74) is 1.41. The Balaban J connectivity index is 1.61. The second-order valence-electron chi connectivity index (χ2n) is 6.65. The molecule has 0 bridgehead atoms. The van der Waals surface area contributed by atoms with Crippen molar-refractivity contribution in [3.63, 3.8) is 0 Å². The van der Waals surface area contributed by atoms with E-state index in [1.165, 1.54) is 18.2 Å². The Hall–Kier alpha value is -2.45. The number of sulfonamides is 1. The number of nitrogens with zero attached hydrogens (tertiary/aromatic N) is 1. The Labute approximate surface area is 179 Å². The molecule has 0 fully saturated rings. The maximum absolute atomic E-state index is 12.5. The fraction of sp³-hybridized carbons (Fsp3) is 0.238. The third-order valence-corrected chi connectivity index (χ3v) is 6.22. The molecule has 2 aromatic carbocycles. The van der Waals surface area contributed by atoms with Gasteiger partial charge in [0.1, 0.15) is 5.84 Å². The van der Waals surface area contributed by atoms with Gasteiger partial charge in [-0.2, -0.15) is 0 Å². The SMILES string of the molecule is O=C(/C=C/c1cccc(Br)c1)Nc1ccc(S(=O)(=O)NC2=NCCCCC2)cc1. The summed E-state index contributed by atoms with van der Waals surface area (Å²) in [5.74, 6) is 0.212. The third kappa shape index (κ3) is 6.54. The number of carbonyl (C=O) groups excluding carboxylic acids is 1. The number of hydrogen-bond acceptors (Lipinski definition) is 4. The van der Waals surface area contributed by atoms with E-state index in [0.29, 0.717) is 24.5 Å². The van der Waals surface area contributed by atoms with Crippen LogP contribution in [0.15, 0.2) is 69.0 Å². The van der Waals surface area contributed by atoms with Crippen LogP contribution >= 0.6 is 15.9 Å². The Morgan fingerprint density at radius 1 is 1.07 bits per heavy atom. The molecule has 1 heterocycles. The molecule has 2 N–H and O–H groups in total. The summed E-state index contributed by atoms with van der Waals surface area (Å²) in [7, 11) is -3.68. The molecule has 0 aromatic heterocycles. The maximum Gasteiger partial charge on any atom is 0.262 e. The van der Waals surface area contributed by atoms with Crippen molar-refractivity contribution in [3.8, 4) is 0 Å². The molecule has 6 nitrogen and oxygen atoms in total. The van der Waals surface area contributed by atoms with Crippen LogP contribution in [-0.4, -0.2) is 26.7 Å². The Morgan fingerprint density at radius 2 is 1.86 bits per heavy atom. The number of anilines is 1. The van der Waals surface area contributed by atoms with Gasteiger partial charge in [-0.15, -0.1) is 0 Å². The molecule has 2 aromatic rings. The molecular formula is C21H22BrN3O3S. The Kier molecular flexibility index (Phi) is 7.22. The number of benzene rings is 2. The minimum Gasteiger partial charge on any atom is -0.323 e.